The highest BCUT2D eigenvalue weighted by Crippen LogP contribution is 2.61. The number of carboxylic acids is 1. The Morgan fingerprint density at radius 1 is 1.00 bits per heavy atom. The number of nitrogens with one attached hydrogen (secondary N) is 1. The van der Waals surface area contributed by atoms with E-state index in [0.717, 1.165) is 32.1 Å². The largest absolute Gasteiger partial charge is 0.481 e. The molecule has 2 aromatic carbocycles. The first-order valence-electron chi connectivity index (χ1n) is 13.8. The van der Waals surface area contributed by atoms with Crippen LogP contribution < -0.4 is 10.2 Å². The standard InChI is InChI=1S/C29H27Cl4F2N3O4/c30-15-6-16(31)8-18(7-15)37(12-14-4-2-1-3-5-14)25(39)22-21-11-28(34,35)13-38(21)29(23(22)26(40)41)19-9-17(32)10-20(33)24(19)36-27(29)42/h6-10,14,21-23H,1-5,11-13H2,(H,36,42)(H,40,41). The summed E-state index contributed by atoms with van der Waals surface area (Å²) in [5.41, 5.74) is -1.63. The quantitative estimate of drug-likeness (QED) is 0.357. The highest BCUT2D eigenvalue weighted by Gasteiger charge is 2.74. The minimum atomic E-state index is -3.28. The maximum Gasteiger partial charge on any atom is 0.310 e. The van der Waals surface area contributed by atoms with Gasteiger partial charge in [0.2, 0.25) is 5.91 Å². The summed E-state index contributed by atoms with van der Waals surface area (Å²) >= 11 is 25.3. The number of halogens is 6. The second-order valence-electron chi connectivity index (χ2n) is 11.7. The number of carbonyl (C=O) groups excluding carboxylic acids is 2. The zero-order valence-electron chi connectivity index (χ0n) is 22.2. The number of amides is 2. The Balaban J connectivity index is 1.53. The predicted molar refractivity (Wildman–Crippen MR) is 157 cm³/mol. The molecule has 2 aromatic rings. The molecule has 1 spiro atoms. The summed E-state index contributed by atoms with van der Waals surface area (Å²) in [6.45, 7) is -0.678. The van der Waals surface area contributed by atoms with E-state index in [0.29, 0.717) is 5.69 Å². The first-order valence-corrected chi connectivity index (χ1v) is 15.3. The first kappa shape index (κ1) is 29.9. The van der Waals surface area contributed by atoms with Crippen molar-refractivity contribution in [3.05, 3.63) is 56.0 Å². The van der Waals surface area contributed by atoms with Crippen molar-refractivity contribution in [1.82, 2.24) is 4.90 Å². The fraction of sp³-hybridized carbons (Fsp3) is 0.483. The Morgan fingerprint density at radius 2 is 1.64 bits per heavy atom. The molecule has 2 amide bonds. The van der Waals surface area contributed by atoms with Gasteiger partial charge in [-0.3, -0.25) is 19.3 Å². The van der Waals surface area contributed by atoms with Gasteiger partial charge in [0.25, 0.3) is 11.8 Å². The Hall–Kier alpha value is -2.17. The van der Waals surface area contributed by atoms with Gasteiger partial charge in [-0.1, -0.05) is 65.7 Å². The molecule has 3 heterocycles. The number of aliphatic carboxylic acids is 1. The average molecular weight is 661 g/mol. The third kappa shape index (κ3) is 4.76. The van der Waals surface area contributed by atoms with Gasteiger partial charge in [-0.2, -0.15) is 0 Å². The van der Waals surface area contributed by atoms with E-state index in [-0.39, 0.29) is 43.8 Å². The van der Waals surface area contributed by atoms with Crippen molar-refractivity contribution < 1.29 is 28.3 Å². The number of benzene rings is 2. The molecule has 224 valence electrons. The molecule has 0 radical (unpaired) electrons. The predicted octanol–water partition coefficient (Wildman–Crippen LogP) is 7.10. The van der Waals surface area contributed by atoms with Crippen LogP contribution in [0.4, 0.5) is 20.2 Å². The summed E-state index contributed by atoms with van der Waals surface area (Å²) in [6.07, 6.45) is 3.96. The van der Waals surface area contributed by atoms with Crippen LogP contribution in [-0.4, -0.2) is 52.8 Å². The van der Waals surface area contributed by atoms with Gasteiger partial charge >= 0.3 is 5.97 Å². The number of hydrogen-bond donors (Lipinski definition) is 2. The molecule has 1 saturated carbocycles. The van der Waals surface area contributed by atoms with Gasteiger partial charge in [-0.15, -0.1) is 0 Å². The number of carbonyl (C=O) groups is 3. The summed E-state index contributed by atoms with van der Waals surface area (Å²) in [6, 6.07) is 6.09. The molecule has 13 heteroatoms. The fourth-order valence-corrected chi connectivity index (χ4v) is 8.66. The number of fused-ring (bicyclic) bond motifs is 4. The van der Waals surface area contributed by atoms with Crippen molar-refractivity contribution in [3.8, 4) is 0 Å². The number of carboxylic acid groups (broad SMARTS) is 1. The summed E-state index contributed by atoms with van der Waals surface area (Å²) in [5.74, 6) is -9.38. The van der Waals surface area contributed by atoms with E-state index in [2.05, 4.69) is 5.32 Å². The van der Waals surface area contributed by atoms with Crippen LogP contribution in [0.1, 0.15) is 44.1 Å². The highest BCUT2D eigenvalue weighted by molar-refractivity contribution is 6.38. The third-order valence-corrected chi connectivity index (χ3v) is 10.1. The lowest BCUT2D eigenvalue weighted by molar-refractivity contribution is -0.153. The van der Waals surface area contributed by atoms with Crippen LogP contribution in [-0.2, 0) is 19.9 Å². The minimum absolute atomic E-state index is 0.0386. The molecule has 4 unspecified atom stereocenters. The van der Waals surface area contributed by atoms with Crippen LogP contribution in [0.15, 0.2) is 30.3 Å². The van der Waals surface area contributed by atoms with Crippen LogP contribution in [0, 0.1) is 17.8 Å². The maximum atomic E-state index is 15.2. The van der Waals surface area contributed by atoms with Crippen molar-refractivity contribution in [2.24, 2.45) is 17.8 Å². The Morgan fingerprint density at radius 3 is 2.29 bits per heavy atom. The smallest absolute Gasteiger partial charge is 0.310 e. The van der Waals surface area contributed by atoms with Gasteiger partial charge in [-0.25, -0.2) is 8.78 Å². The first-order chi connectivity index (χ1) is 19.8. The van der Waals surface area contributed by atoms with Crippen LogP contribution in [0.5, 0.6) is 0 Å². The molecule has 0 bridgehead atoms. The zero-order chi connectivity index (χ0) is 30.1. The second kappa shape index (κ2) is 10.8. The molecular formula is C29H27Cl4F2N3O4. The van der Waals surface area contributed by atoms with E-state index in [4.69, 9.17) is 46.4 Å². The van der Waals surface area contributed by atoms with Gasteiger partial charge in [0, 0.05) is 45.3 Å². The number of hydrogen-bond acceptors (Lipinski definition) is 4. The average Bonchev–Trinajstić information content (AvgIpc) is 3.48. The van der Waals surface area contributed by atoms with Crippen molar-refractivity contribution in [2.75, 3.05) is 23.3 Å². The maximum absolute atomic E-state index is 15.2. The van der Waals surface area contributed by atoms with Crippen molar-refractivity contribution in [2.45, 2.75) is 56.0 Å². The zero-order valence-corrected chi connectivity index (χ0v) is 25.2. The van der Waals surface area contributed by atoms with Gasteiger partial charge in [0.15, 0.2) is 0 Å². The number of rotatable bonds is 5. The minimum Gasteiger partial charge on any atom is -0.481 e. The van der Waals surface area contributed by atoms with E-state index in [1.165, 1.54) is 28.0 Å². The van der Waals surface area contributed by atoms with Crippen molar-refractivity contribution in [1.29, 1.82) is 0 Å². The van der Waals surface area contributed by atoms with E-state index >= 15 is 8.78 Å². The molecule has 42 heavy (non-hydrogen) atoms. The molecule has 2 N–H and O–H groups in total. The fourth-order valence-electron chi connectivity index (χ4n) is 7.61. The molecule has 2 saturated heterocycles. The van der Waals surface area contributed by atoms with E-state index in [9.17, 15) is 19.5 Å². The third-order valence-electron chi connectivity index (χ3n) is 9.18. The van der Waals surface area contributed by atoms with E-state index in [1.54, 1.807) is 12.1 Å². The molecule has 4 aliphatic rings. The van der Waals surface area contributed by atoms with Crippen LogP contribution in [0.2, 0.25) is 20.1 Å². The molecule has 6 rings (SSSR count). The normalized spacial score (nSPS) is 28.5. The highest BCUT2D eigenvalue weighted by atomic mass is 35.5. The molecule has 3 fully saturated rings. The number of alkyl halides is 2. The SMILES string of the molecule is O=C(O)C1C(C(=O)N(CC2CCCCC2)c2cc(Cl)cc(Cl)c2)C2CC(F)(F)CN2C12C(=O)Nc1c(Cl)cc(Cl)cc12. The van der Waals surface area contributed by atoms with Gasteiger partial charge in [0.1, 0.15) is 11.5 Å². The second-order valence-corrected chi connectivity index (χ2v) is 13.4. The number of anilines is 2. The molecule has 1 aliphatic carbocycles. The molecule has 4 atom stereocenters. The lowest BCUT2D eigenvalue weighted by Crippen LogP contribution is -2.54. The van der Waals surface area contributed by atoms with E-state index < -0.39 is 60.1 Å². The van der Waals surface area contributed by atoms with Gasteiger partial charge < -0.3 is 15.3 Å². The van der Waals surface area contributed by atoms with Crippen molar-refractivity contribution >= 4 is 75.6 Å². The molecular weight excluding hydrogens is 634 g/mol. The lowest BCUT2D eigenvalue weighted by Gasteiger charge is -2.36. The van der Waals surface area contributed by atoms with Crippen LogP contribution in [0.3, 0.4) is 0 Å². The number of nitrogens with zero attached hydrogens (tertiary/aromatic N) is 2. The van der Waals surface area contributed by atoms with Crippen molar-refractivity contribution in [3.63, 3.8) is 0 Å². The van der Waals surface area contributed by atoms with Gasteiger partial charge in [-0.05, 0) is 49.1 Å². The van der Waals surface area contributed by atoms with Crippen LogP contribution in [0.25, 0.3) is 0 Å². The summed E-state index contributed by atoms with van der Waals surface area (Å²) in [7, 11) is 0. The summed E-state index contributed by atoms with van der Waals surface area (Å²) in [4.78, 5) is 44.4. The van der Waals surface area contributed by atoms with Crippen LogP contribution >= 0.6 is 46.4 Å². The molecule has 7 nitrogen and oxygen atoms in total. The Kier molecular flexibility index (Phi) is 7.66. The van der Waals surface area contributed by atoms with Gasteiger partial charge in [0.05, 0.1) is 23.2 Å². The summed E-state index contributed by atoms with van der Waals surface area (Å²) in [5, 5.41) is 14.0. The Bertz CT molecular complexity index is 1470. The molecule has 0 aromatic heterocycles. The Labute approximate surface area is 261 Å². The van der Waals surface area contributed by atoms with E-state index in [1.807, 2.05) is 0 Å². The topological polar surface area (TPSA) is 90.0 Å². The molecule has 3 aliphatic heterocycles. The summed E-state index contributed by atoms with van der Waals surface area (Å²) < 4.78 is 30.4. The monoisotopic (exact) mass is 659 g/mol. The lowest BCUT2D eigenvalue weighted by atomic mass is 9.73.